The van der Waals surface area contributed by atoms with Crippen molar-refractivity contribution in [3.63, 3.8) is 0 Å². The van der Waals surface area contributed by atoms with E-state index in [1.807, 2.05) is 0 Å². The molecule has 0 fully saturated rings. The number of hydrogen-bond donors (Lipinski definition) is 0. The van der Waals surface area contributed by atoms with Crippen LogP contribution in [-0.4, -0.2) is 13.3 Å². The number of carbonyl (C=O) groups is 1. The quantitative estimate of drug-likeness (QED) is 0.505. The summed E-state index contributed by atoms with van der Waals surface area (Å²) in [6.07, 6.45) is 3.39. The highest BCUT2D eigenvalue weighted by Gasteiger charge is 1.94. The van der Waals surface area contributed by atoms with Crippen LogP contribution < -0.4 is 4.74 Å². The standard InChI is InChI=1S/C10H10O2/c1-12-10-7-3-2-5-9(10)6-4-8-11/h2-8H,1H3/b6-4+/i1D3. The molecule has 0 unspecified atom stereocenters. The lowest BCUT2D eigenvalue weighted by molar-refractivity contribution is -0.104. The number of benzene rings is 1. The van der Waals surface area contributed by atoms with Gasteiger partial charge >= 0.3 is 0 Å². The molecule has 12 heavy (non-hydrogen) atoms. The molecule has 0 heterocycles. The Balaban J connectivity index is 2.96. The van der Waals surface area contributed by atoms with Gasteiger partial charge < -0.3 is 4.74 Å². The Morgan fingerprint density at radius 1 is 1.50 bits per heavy atom. The van der Waals surface area contributed by atoms with E-state index < -0.39 is 7.04 Å². The molecule has 1 aromatic rings. The molecule has 0 aliphatic carbocycles. The number of rotatable bonds is 3. The van der Waals surface area contributed by atoms with Crippen molar-refractivity contribution in [2.24, 2.45) is 0 Å². The largest absolute Gasteiger partial charge is 0.496 e. The molecular formula is C10H10O2. The maximum absolute atomic E-state index is 10.1. The van der Waals surface area contributed by atoms with Crippen molar-refractivity contribution in [1.82, 2.24) is 0 Å². The molecule has 2 heteroatoms. The summed E-state index contributed by atoms with van der Waals surface area (Å²) in [4.78, 5) is 10.1. The third kappa shape index (κ3) is 1.95. The number of aldehydes is 1. The first kappa shape index (κ1) is 5.14. The van der Waals surface area contributed by atoms with Gasteiger partial charge in [-0.05, 0) is 18.2 Å². The Kier molecular flexibility index (Phi) is 1.86. The summed E-state index contributed by atoms with van der Waals surface area (Å²) in [5.41, 5.74) is 0.556. The van der Waals surface area contributed by atoms with Crippen LogP contribution in [0.15, 0.2) is 30.3 Å². The third-order valence-corrected chi connectivity index (χ3v) is 1.38. The van der Waals surface area contributed by atoms with Crippen LogP contribution in [0.5, 0.6) is 5.75 Å². The van der Waals surface area contributed by atoms with E-state index in [-0.39, 0.29) is 5.75 Å². The molecule has 0 aliphatic rings. The van der Waals surface area contributed by atoms with Crippen molar-refractivity contribution in [2.75, 3.05) is 7.04 Å². The molecule has 0 bridgehead atoms. The summed E-state index contributed by atoms with van der Waals surface area (Å²) in [6.45, 7) is 0. The van der Waals surface area contributed by atoms with Crippen LogP contribution >= 0.6 is 0 Å². The molecule has 0 saturated heterocycles. The van der Waals surface area contributed by atoms with Crippen molar-refractivity contribution in [2.45, 2.75) is 0 Å². The highest BCUT2D eigenvalue weighted by Crippen LogP contribution is 2.17. The summed E-state index contributed by atoms with van der Waals surface area (Å²) in [5.74, 6) is 0.232. The van der Waals surface area contributed by atoms with Crippen LogP contribution in [0.3, 0.4) is 0 Å². The fourth-order valence-electron chi connectivity index (χ4n) is 0.854. The van der Waals surface area contributed by atoms with Gasteiger partial charge in [-0.3, -0.25) is 4.79 Å². The molecule has 0 spiro atoms. The van der Waals surface area contributed by atoms with E-state index in [2.05, 4.69) is 0 Å². The third-order valence-electron chi connectivity index (χ3n) is 1.38. The summed E-state index contributed by atoms with van der Waals surface area (Å²) >= 11 is 0. The highest BCUT2D eigenvalue weighted by molar-refractivity contribution is 5.75. The van der Waals surface area contributed by atoms with Gasteiger partial charge in [-0.25, -0.2) is 0 Å². The lowest BCUT2D eigenvalue weighted by atomic mass is 10.2. The zero-order valence-electron chi connectivity index (χ0n) is 9.36. The van der Waals surface area contributed by atoms with Gasteiger partial charge in [-0.1, -0.05) is 18.2 Å². The predicted octanol–water partition coefficient (Wildman–Crippen LogP) is 1.91. The Bertz CT molecular complexity index is 369. The number of allylic oxidation sites excluding steroid dienone is 1. The van der Waals surface area contributed by atoms with Crippen molar-refractivity contribution in [3.8, 4) is 5.75 Å². The minimum Gasteiger partial charge on any atom is -0.496 e. The topological polar surface area (TPSA) is 26.3 Å². The molecule has 0 aliphatic heterocycles. The van der Waals surface area contributed by atoms with Crippen LogP contribution in [0.25, 0.3) is 6.08 Å². The lowest BCUT2D eigenvalue weighted by Crippen LogP contribution is -1.85. The number of carbonyl (C=O) groups excluding carboxylic acids is 1. The van der Waals surface area contributed by atoms with E-state index in [1.54, 1.807) is 18.2 Å². The number of methoxy groups -OCH3 is 1. The Hall–Kier alpha value is -1.57. The molecular weight excluding hydrogens is 152 g/mol. The minimum absolute atomic E-state index is 0.232. The van der Waals surface area contributed by atoms with Crippen LogP contribution in [0.4, 0.5) is 0 Å². The van der Waals surface area contributed by atoms with Gasteiger partial charge in [0.25, 0.3) is 0 Å². The second-order valence-electron chi connectivity index (χ2n) is 2.14. The first-order chi connectivity index (χ1) is 7.03. The lowest BCUT2D eigenvalue weighted by Gasteiger charge is -2.02. The molecule has 0 atom stereocenters. The summed E-state index contributed by atoms with van der Waals surface area (Å²) in [6, 6.07) is 6.61. The van der Waals surface area contributed by atoms with E-state index in [4.69, 9.17) is 8.85 Å². The van der Waals surface area contributed by atoms with Crippen molar-refractivity contribution < 1.29 is 13.6 Å². The fourth-order valence-corrected chi connectivity index (χ4v) is 0.854. The Labute approximate surface area is 75.7 Å². The van der Waals surface area contributed by atoms with E-state index in [1.165, 1.54) is 18.2 Å². The molecule has 0 saturated carbocycles. The highest BCUT2D eigenvalue weighted by atomic mass is 16.5. The maximum Gasteiger partial charge on any atom is 0.142 e. The van der Waals surface area contributed by atoms with E-state index in [9.17, 15) is 4.79 Å². The second kappa shape index (κ2) is 4.34. The molecule has 0 N–H and O–H groups in total. The Morgan fingerprint density at radius 2 is 2.33 bits per heavy atom. The zero-order valence-corrected chi connectivity index (χ0v) is 6.36. The molecule has 0 aromatic heterocycles. The van der Waals surface area contributed by atoms with Gasteiger partial charge in [0.1, 0.15) is 12.0 Å². The van der Waals surface area contributed by atoms with Crippen molar-refractivity contribution in [1.29, 1.82) is 0 Å². The van der Waals surface area contributed by atoms with Gasteiger partial charge in [-0.15, -0.1) is 0 Å². The van der Waals surface area contributed by atoms with Gasteiger partial charge in [0, 0.05) is 5.56 Å². The molecule has 62 valence electrons. The average Bonchev–Trinajstić information content (AvgIpc) is 2.14. The van der Waals surface area contributed by atoms with Crippen molar-refractivity contribution >= 4 is 12.4 Å². The van der Waals surface area contributed by atoms with Crippen LogP contribution in [0.1, 0.15) is 9.68 Å². The number of hydrogen-bond acceptors (Lipinski definition) is 2. The summed E-state index contributed by atoms with van der Waals surface area (Å²) in [7, 11) is -2.48. The van der Waals surface area contributed by atoms with Crippen LogP contribution in [0, 0.1) is 0 Å². The smallest absolute Gasteiger partial charge is 0.142 e. The van der Waals surface area contributed by atoms with Gasteiger partial charge in [-0.2, -0.15) is 0 Å². The molecule has 1 rings (SSSR count). The first-order valence-corrected chi connectivity index (χ1v) is 3.43. The zero-order chi connectivity index (χ0) is 11.3. The van der Waals surface area contributed by atoms with Gasteiger partial charge in [0.05, 0.1) is 11.2 Å². The fraction of sp³-hybridized carbons (Fsp3) is 0.100. The first-order valence-electron chi connectivity index (χ1n) is 4.93. The Morgan fingerprint density at radius 3 is 3.08 bits per heavy atom. The molecule has 1 aromatic carbocycles. The summed E-state index contributed by atoms with van der Waals surface area (Å²) < 4.78 is 25.6. The van der Waals surface area contributed by atoms with E-state index in [0.29, 0.717) is 11.8 Å². The maximum atomic E-state index is 10.1. The molecule has 2 nitrogen and oxygen atoms in total. The predicted molar refractivity (Wildman–Crippen MR) is 48.1 cm³/mol. The number of ether oxygens (including phenoxy) is 1. The SMILES string of the molecule is [2H]C([2H])([2H])Oc1ccccc1/C=C/C=O. The van der Waals surface area contributed by atoms with Crippen molar-refractivity contribution in [3.05, 3.63) is 35.9 Å². The molecule has 0 radical (unpaired) electrons. The average molecular weight is 165 g/mol. The van der Waals surface area contributed by atoms with Gasteiger partial charge in [0.15, 0.2) is 0 Å². The normalized spacial score (nSPS) is 14.8. The van der Waals surface area contributed by atoms with Crippen LogP contribution in [-0.2, 0) is 4.79 Å². The minimum atomic E-state index is -2.48. The monoisotopic (exact) mass is 165 g/mol. The van der Waals surface area contributed by atoms with Crippen LogP contribution in [0.2, 0.25) is 0 Å². The number of para-hydroxylation sites is 1. The van der Waals surface area contributed by atoms with E-state index in [0.717, 1.165) is 0 Å². The summed E-state index contributed by atoms with van der Waals surface area (Å²) in [5, 5.41) is 0. The van der Waals surface area contributed by atoms with E-state index >= 15 is 0 Å². The molecule has 0 amide bonds. The second-order valence-corrected chi connectivity index (χ2v) is 2.14. The van der Waals surface area contributed by atoms with Gasteiger partial charge in [0.2, 0.25) is 0 Å².